The first-order chi connectivity index (χ1) is 12.1. The van der Waals surface area contributed by atoms with Crippen LogP contribution in [0.1, 0.15) is 35.7 Å². The number of hydrogen-bond acceptors (Lipinski definition) is 3. The molecule has 2 aromatic rings. The van der Waals surface area contributed by atoms with Crippen molar-refractivity contribution in [3.63, 3.8) is 0 Å². The molecule has 0 amide bonds. The van der Waals surface area contributed by atoms with Crippen molar-refractivity contribution in [2.45, 2.75) is 26.2 Å². The molecule has 3 rings (SSSR count). The summed E-state index contributed by atoms with van der Waals surface area (Å²) in [5.41, 5.74) is 2.23. The molecule has 4 heteroatoms. The number of anilines is 1. The molecule has 132 valence electrons. The molecule has 0 saturated carbocycles. The van der Waals surface area contributed by atoms with Gasteiger partial charge in [-0.1, -0.05) is 18.2 Å². The summed E-state index contributed by atoms with van der Waals surface area (Å²) in [6.07, 6.45) is 3.09. The maximum absolute atomic E-state index is 14.0. The molecule has 0 spiro atoms. The number of ether oxygens (including phenoxy) is 1. The lowest BCUT2D eigenvalue weighted by Crippen LogP contribution is -2.35. The number of hydrogen-bond donors (Lipinski definition) is 0. The average molecular weight is 341 g/mol. The highest BCUT2D eigenvalue weighted by Gasteiger charge is 2.23. The van der Waals surface area contributed by atoms with Gasteiger partial charge in [-0.2, -0.15) is 0 Å². The van der Waals surface area contributed by atoms with Crippen LogP contribution in [0.25, 0.3) is 0 Å². The minimum Gasteiger partial charge on any atom is -0.497 e. The van der Waals surface area contributed by atoms with Crippen LogP contribution < -0.4 is 9.64 Å². The summed E-state index contributed by atoms with van der Waals surface area (Å²) in [5.74, 6) is 0.841. The predicted molar refractivity (Wildman–Crippen MR) is 98.0 cm³/mol. The number of rotatable bonds is 5. The van der Waals surface area contributed by atoms with Crippen LogP contribution in [-0.4, -0.2) is 26.0 Å². The Balaban J connectivity index is 1.66. The molecule has 0 aromatic heterocycles. The summed E-state index contributed by atoms with van der Waals surface area (Å²) >= 11 is 0. The molecule has 2 aromatic carbocycles. The zero-order valence-corrected chi connectivity index (χ0v) is 14.8. The smallest absolute Gasteiger partial charge is 0.164 e. The molecule has 1 aliphatic heterocycles. The summed E-state index contributed by atoms with van der Waals surface area (Å²) in [6.45, 7) is 3.12. The predicted octanol–water partition coefficient (Wildman–Crippen LogP) is 4.50. The molecule has 0 unspecified atom stereocenters. The van der Waals surface area contributed by atoms with E-state index in [9.17, 15) is 9.18 Å². The summed E-state index contributed by atoms with van der Waals surface area (Å²) in [5, 5.41) is 0. The molecule has 0 N–H and O–H groups in total. The summed E-state index contributed by atoms with van der Waals surface area (Å²) < 4.78 is 19.3. The molecular formula is C21H24FNO2. The number of carbonyl (C=O) groups is 1. The van der Waals surface area contributed by atoms with Gasteiger partial charge in [-0.3, -0.25) is 4.79 Å². The van der Waals surface area contributed by atoms with Crippen LogP contribution in [0.2, 0.25) is 0 Å². The van der Waals surface area contributed by atoms with Gasteiger partial charge in [0.15, 0.2) is 5.78 Å². The monoisotopic (exact) mass is 341 g/mol. The third-order valence-electron chi connectivity index (χ3n) is 4.96. The van der Waals surface area contributed by atoms with Gasteiger partial charge in [-0.25, -0.2) is 4.39 Å². The zero-order valence-electron chi connectivity index (χ0n) is 14.8. The van der Waals surface area contributed by atoms with Gasteiger partial charge in [-0.05, 0) is 61.9 Å². The van der Waals surface area contributed by atoms with Crippen LogP contribution in [0.15, 0.2) is 42.5 Å². The number of piperidine rings is 1. The minimum atomic E-state index is -0.427. The lowest BCUT2D eigenvalue weighted by Gasteiger charge is -2.34. The van der Waals surface area contributed by atoms with Crippen molar-refractivity contribution in [2.24, 2.45) is 5.92 Å². The fourth-order valence-corrected chi connectivity index (χ4v) is 3.64. The number of nitrogens with zero attached hydrogens (tertiary/aromatic N) is 1. The van der Waals surface area contributed by atoms with Crippen LogP contribution >= 0.6 is 0 Å². The van der Waals surface area contributed by atoms with Crippen molar-refractivity contribution in [3.8, 4) is 5.75 Å². The third kappa shape index (κ3) is 4.01. The number of methoxy groups -OCH3 is 1. The SMILES string of the molecule is COc1cccc(CC2CCN(c3cccc(F)c3C(C)=O)CC2)c1. The standard InChI is InChI=1S/C21H24FNO2/c1-15(24)21-19(22)7-4-8-20(21)23-11-9-16(10-12-23)13-17-5-3-6-18(14-17)25-2/h3-8,14,16H,9-13H2,1-2H3. The van der Waals surface area contributed by atoms with Crippen LogP contribution in [0, 0.1) is 11.7 Å². The lowest BCUT2D eigenvalue weighted by molar-refractivity contribution is 0.101. The van der Waals surface area contributed by atoms with Gasteiger partial charge in [0, 0.05) is 13.1 Å². The van der Waals surface area contributed by atoms with Crippen molar-refractivity contribution < 1.29 is 13.9 Å². The molecule has 1 saturated heterocycles. The maximum Gasteiger partial charge on any atom is 0.164 e. The summed E-state index contributed by atoms with van der Waals surface area (Å²) in [4.78, 5) is 14.0. The van der Waals surface area contributed by atoms with E-state index in [1.807, 2.05) is 18.2 Å². The molecule has 1 fully saturated rings. The van der Waals surface area contributed by atoms with E-state index in [2.05, 4.69) is 17.0 Å². The van der Waals surface area contributed by atoms with E-state index in [0.717, 1.165) is 43.8 Å². The van der Waals surface area contributed by atoms with Gasteiger partial charge < -0.3 is 9.64 Å². The van der Waals surface area contributed by atoms with Crippen LogP contribution in [-0.2, 0) is 6.42 Å². The van der Waals surface area contributed by atoms with E-state index in [0.29, 0.717) is 5.92 Å². The first-order valence-electron chi connectivity index (χ1n) is 8.76. The lowest BCUT2D eigenvalue weighted by atomic mass is 9.89. The second kappa shape index (κ2) is 7.68. The van der Waals surface area contributed by atoms with Gasteiger partial charge in [0.2, 0.25) is 0 Å². The molecule has 0 aliphatic carbocycles. The van der Waals surface area contributed by atoms with Crippen molar-refractivity contribution >= 4 is 11.5 Å². The molecule has 0 atom stereocenters. The summed E-state index contributed by atoms with van der Waals surface area (Å²) in [6, 6.07) is 13.1. The highest BCUT2D eigenvalue weighted by Crippen LogP contribution is 2.30. The molecule has 0 radical (unpaired) electrons. The Morgan fingerprint density at radius 2 is 1.92 bits per heavy atom. The van der Waals surface area contributed by atoms with E-state index >= 15 is 0 Å². The Morgan fingerprint density at radius 1 is 1.20 bits per heavy atom. The number of ketones is 1. The normalized spacial score (nSPS) is 15.2. The van der Waals surface area contributed by atoms with Gasteiger partial charge in [0.25, 0.3) is 0 Å². The molecule has 0 bridgehead atoms. The van der Waals surface area contributed by atoms with Crippen molar-refractivity contribution in [3.05, 3.63) is 59.4 Å². The van der Waals surface area contributed by atoms with Crippen molar-refractivity contribution in [1.82, 2.24) is 0 Å². The van der Waals surface area contributed by atoms with Gasteiger partial charge in [-0.15, -0.1) is 0 Å². The van der Waals surface area contributed by atoms with Gasteiger partial charge in [0.05, 0.1) is 18.4 Å². The second-order valence-corrected chi connectivity index (χ2v) is 6.68. The number of carbonyl (C=O) groups excluding carboxylic acids is 1. The topological polar surface area (TPSA) is 29.5 Å². The van der Waals surface area contributed by atoms with E-state index < -0.39 is 5.82 Å². The number of benzene rings is 2. The average Bonchev–Trinajstić information content (AvgIpc) is 2.62. The fourth-order valence-electron chi connectivity index (χ4n) is 3.64. The van der Waals surface area contributed by atoms with E-state index in [-0.39, 0.29) is 11.3 Å². The number of halogens is 1. The van der Waals surface area contributed by atoms with Crippen molar-refractivity contribution in [2.75, 3.05) is 25.1 Å². The van der Waals surface area contributed by atoms with E-state index in [1.54, 1.807) is 13.2 Å². The van der Waals surface area contributed by atoms with Crippen LogP contribution in [0.3, 0.4) is 0 Å². The quantitative estimate of drug-likeness (QED) is 0.750. The van der Waals surface area contributed by atoms with E-state index in [1.165, 1.54) is 18.6 Å². The Labute approximate surface area is 148 Å². The van der Waals surface area contributed by atoms with Gasteiger partial charge >= 0.3 is 0 Å². The first-order valence-corrected chi connectivity index (χ1v) is 8.76. The summed E-state index contributed by atoms with van der Waals surface area (Å²) in [7, 11) is 1.68. The first kappa shape index (κ1) is 17.5. The zero-order chi connectivity index (χ0) is 17.8. The highest BCUT2D eigenvalue weighted by atomic mass is 19.1. The molecule has 3 nitrogen and oxygen atoms in total. The molecule has 1 aliphatic rings. The van der Waals surface area contributed by atoms with Crippen molar-refractivity contribution in [1.29, 1.82) is 0 Å². The van der Waals surface area contributed by atoms with Crippen LogP contribution in [0.4, 0.5) is 10.1 Å². The maximum atomic E-state index is 14.0. The van der Waals surface area contributed by atoms with E-state index in [4.69, 9.17) is 4.74 Å². The Hall–Kier alpha value is -2.36. The van der Waals surface area contributed by atoms with Gasteiger partial charge in [0.1, 0.15) is 11.6 Å². The third-order valence-corrected chi connectivity index (χ3v) is 4.96. The second-order valence-electron chi connectivity index (χ2n) is 6.68. The fraction of sp³-hybridized carbons (Fsp3) is 0.381. The minimum absolute atomic E-state index is 0.216. The highest BCUT2D eigenvalue weighted by molar-refractivity contribution is 6.00. The Kier molecular flexibility index (Phi) is 5.37. The van der Waals surface area contributed by atoms with Crippen LogP contribution in [0.5, 0.6) is 5.75 Å². The largest absolute Gasteiger partial charge is 0.497 e. The molecular weight excluding hydrogens is 317 g/mol. The molecule has 25 heavy (non-hydrogen) atoms. The Bertz CT molecular complexity index is 751. The molecule has 1 heterocycles. The Morgan fingerprint density at radius 3 is 2.60 bits per heavy atom. The number of Topliss-reactive ketones (excluding diaryl/α,β-unsaturated/α-hetero) is 1.